The van der Waals surface area contributed by atoms with Gasteiger partial charge in [-0.15, -0.1) is 0 Å². The van der Waals surface area contributed by atoms with Gasteiger partial charge in [0.2, 0.25) is 0 Å². The number of ether oxygens (including phenoxy) is 1. The molecule has 1 atom stereocenters. The summed E-state index contributed by atoms with van der Waals surface area (Å²) in [5.74, 6) is -0.00911. The molecule has 1 aliphatic heterocycles. The molecule has 0 bridgehead atoms. The third-order valence-electron chi connectivity index (χ3n) is 5.60. The van der Waals surface area contributed by atoms with Crippen LogP contribution in [0.2, 0.25) is 5.02 Å². The van der Waals surface area contributed by atoms with Crippen LogP contribution in [0.15, 0.2) is 64.6 Å². The first kappa shape index (κ1) is 23.6. The number of nitrogens with zero attached hydrogens (tertiary/aromatic N) is 1. The van der Waals surface area contributed by atoms with Crippen molar-refractivity contribution in [2.75, 3.05) is 11.5 Å². The van der Waals surface area contributed by atoms with E-state index >= 15 is 0 Å². The van der Waals surface area contributed by atoms with Crippen LogP contribution in [-0.2, 0) is 9.59 Å². The van der Waals surface area contributed by atoms with Gasteiger partial charge in [-0.1, -0.05) is 43.6 Å². The van der Waals surface area contributed by atoms with Crippen LogP contribution in [0.1, 0.15) is 42.5 Å². The molecule has 1 aromatic heterocycles. The van der Waals surface area contributed by atoms with Gasteiger partial charge >= 0.3 is 0 Å². The summed E-state index contributed by atoms with van der Waals surface area (Å²) < 4.78 is 11.6. The van der Waals surface area contributed by atoms with E-state index in [2.05, 4.69) is 0 Å². The van der Waals surface area contributed by atoms with Gasteiger partial charge in [-0.3, -0.25) is 14.5 Å². The van der Waals surface area contributed by atoms with Crippen LogP contribution in [-0.4, -0.2) is 23.4 Å². The molecule has 4 rings (SSSR count). The summed E-state index contributed by atoms with van der Waals surface area (Å²) in [7, 11) is 0. The lowest BCUT2D eigenvalue weighted by Crippen LogP contribution is -2.29. The number of halogens is 1. The lowest BCUT2D eigenvalue weighted by Gasteiger charge is -2.24. The summed E-state index contributed by atoms with van der Waals surface area (Å²) in [6.45, 7) is 8.20. The lowest BCUT2D eigenvalue weighted by atomic mass is 9.99. The zero-order chi connectivity index (χ0) is 24.6. The Morgan fingerprint density at radius 2 is 1.88 bits per heavy atom. The van der Waals surface area contributed by atoms with Crippen molar-refractivity contribution >= 4 is 34.7 Å². The second-order valence-corrected chi connectivity index (χ2v) is 9.19. The zero-order valence-corrected chi connectivity index (χ0v) is 20.2. The Hall–Kier alpha value is -3.51. The Balaban J connectivity index is 1.86. The zero-order valence-electron chi connectivity index (χ0n) is 19.5. The maximum atomic E-state index is 13.2. The van der Waals surface area contributed by atoms with Crippen molar-refractivity contribution in [1.29, 1.82) is 0 Å². The first-order chi connectivity index (χ1) is 16.2. The quantitative estimate of drug-likeness (QED) is 0.258. The van der Waals surface area contributed by atoms with Crippen molar-refractivity contribution in [3.8, 4) is 5.75 Å². The van der Waals surface area contributed by atoms with Gasteiger partial charge in [-0.25, -0.2) is 0 Å². The predicted octanol–water partition coefficient (Wildman–Crippen LogP) is 6.21. The van der Waals surface area contributed by atoms with Crippen LogP contribution >= 0.6 is 11.6 Å². The molecule has 0 spiro atoms. The number of aryl methyl sites for hydroxylation is 2. The van der Waals surface area contributed by atoms with E-state index in [0.717, 1.165) is 5.56 Å². The molecule has 1 unspecified atom stereocenters. The third kappa shape index (κ3) is 4.46. The minimum Gasteiger partial charge on any atom is -0.507 e. The van der Waals surface area contributed by atoms with Crippen LogP contribution < -0.4 is 9.64 Å². The standard InChI is InChI=1S/C27H26ClNO5/c1-15(2)14-33-20-7-5-6-18(12-20)25(30)23-24(22-11-9-17(4)34-22)29(27(32)26(23)31)19-10-8-16(3)21(28)13-19/h5-13,15,24,30H,14H2,1-4H3/b25-23-. The molecule has 1 saturated heterocycles. The molecule has 0 aliphatic carbocycles. The minimum atomic E-state index is -0.951. The average Bonchev–Trinajstić information content (AvgIpc) is 3.35. The Kier molecular flexibility index (Phi) is 6.53. The molecule has 7 heteroatoms. The number of ketones is 1. The highest BCUT2D eigenvalue weighted by Gasteiger charge is 2.48. The number of aliphatic hydroxyl groups is 1. The van der Waals surface area contributed by atoms with Crippen molar-refractivity contribution in [2.24, 2.45) is 5.92 Å². The van der Waals surface area contributed by atoms with Crippen molar-refractivity contribution in [3.05, 3.63) is 87.8 Å². The molecule has 1 aliphatic rings. The third-order valence-corrected chi connectivity index (χ3v) is 6.01. The number of hydrogen-bond donors (Lipinski definition) is 1. The average molecular weight is 480 g/mol. The number of carbonyl (C=O) groups excluding carboxylic acids is 2. The molecule has 1 fully saturated rings. The number of rotatable bonds is 6. The molecule has 0 radical (unpaired) electrons. The van der Waals surface area contributed by atoms with Crippen molar-refractivity contribution < 1.29 is 23.8 Å². The van der Waals surface area contributed by atoms with E-state index in [-0.39, 0.29) is 11.3 Å². The fraction of sp³-hybridized carbons (Fsp3) is 0.259. The largest absolute Gasteiger partial charge is 0.507 e. The van der Waals surface area contributed by atoms with Crippen LogP contribution in [0.25, 0.3) is 5.76 Å². The summed E-state index contributed by atoms with van der Waals surface area (Å²) in [6.07, 6.45) is 0. The fourth-order valence-electron chi connectivity index (χ4n) is 3.85. The van der Waals surface area contributed by atoms with Crippen LogP contribution in [0, 0.1) is 19.8 Å². The van der Waals surface area contributed by atoms with Crippen molar-refractivity contribution in [2.45, 2.75) is 33.7 Å². The van der Waals surface area contributed by atoms with E-state index < -0.39 is 17.7 Å². The number of furan rings is 1. The van der Waals surface area contributed by atoms with Gasteiger partial charge < -0.3 is 14.3 Å². The normalized spacial score (nSPS) is 17.6. The number of benzene rings is 2. The van der Waals surface area contributed by atoms with Crippen LogP contribution in [0.3, 0.4) is 0 Å². The molecule has 34 heavy (non-hydrogen) atoms. The molecule has 176 valence electrons. The molecular formula is C27H26ClNO5. The van der Waals surface area contributed by atoms with Gasteiger partial charge in [0.15, 0.2) is 0 Å². The molecule has 1 amide bonds. The molecule has 3 aromatic rings. The Morgan fingerprint density at radius 1 is 1.12 bits per heavy atom. The maximum absolute atomic E-state index is 13.2. The van der Waals surface area contributed by atoms with E-state index in [1.165, 1.54) is 4.90 Å². The van der Waals surface area contributed by atoms with E-state index in [1.807, 2.05) is 20.8 Å². The molecule has 2 aromatic carbocycles. The SMILES string of the molecule is Cc1ccc(C2/C(=C(/O)c3cccc(OCC(C)C)c3)C(=O)C(=O)N2c2ccc(C)c(Cl)c2)o1. The van der Waals surface area contributed by atoms with Crippen molar-refractivity contribution in [1.82, 2.24) is 0 Å². The monoisotopic (exact) mass is 479 g/mol. The van der Waals surface area contributed by atoms with Crippen LogP contribution in [0.5, 0.6) is 5.75 Å². The molecule has 0 saturated carbocycles. The van der Waals surface area contributed by atoms with E-state index in [4.69, 9.17) is 20.8 Å². The predicted molar refractivity (Wildman–Crippen MR) is 131 cm³/mol. The maximum Gasteiger partial charge on any atom is 0.300 e. The number of anilines is 1. The smallest absolute Gasteiger partial charge is 0.300 e. The number of amides is 1. The summed E-state index contributed by atoms with van der Waals surface area (Å²) in [5, 5.41) is 11.7. The number of carbonyl (C=O) groups is 2. The highest BCUT2D eigenvalue weighted by Crippen LogP contribution is 2.43. The van der Waals surface area contributed by atoms with Crippen LogP contribution in [0.4, 0.5) is 5.69 Å². The summed E-state index contributed by atoms with van der Waals surface area (Å²) in [6, 6.07) is 14.4. The Labute approximate surface area is 203 Å². The lowest BCUT2D eigenvalue weighted by molar-refractivity contribution is -0.132. The molecule has 2 heterocycles. The summed E-state index contributed by atoms with van der Waals surface area (Å²) in [5.41, 5.74) is 1.59. The highest BCUT2D eigenvalue weighted by molar-refractivity contribution is 6.51. The van der Waals surface area contributed by atoms with E-state index in [9.17, 15) is 14.7 Å². The number of aliphatic hydroxyl groups excluding tert-OH is 1. The van der Waals surface area contributed by atoms with Gasteiger partial charge in [0.1, 0.15) is 29.1 Å². The fourth-order valence-corrected chi connectivity index (χ4v) is 4.03. The van der Waals surface area contributed by atoms with Gasteiger partial charge in [0.05, 0.1) is 12.2 Å². The van der Waals surface area contributed by atoms with Crippen molar-refractivity contribution in [3.63, 3.8) is 0 Å². The van der Waals surface area contributed by atoms with Gasteiger partial charge in [-0.2, -0.15) is 0 Å². The Morgan fingerprint density at radius 3 is 2.53 bits per heavy atom. The van der Waals surface area contributed by atoms with Gasteiger partial charge in [0.25, 0.3) is 11.7 Å². The Bertz CT molecular complexity index is 1290. The summed E-state index contributed by atoms with van der Waals surface area (Å²) >= 11 is 6.32. The first-order valence-electron chi connectivity index (χ1n) is 11.0. The molecule has 6 nitrogen and oxygen atoms in total. The number of Topliss-reactive ketones (excluding diaryl/α,β-unsaturated/α-hetero) is 1. The van der Waals surface area contributed by atoms with E-state index in [1.54, 1.807) is 61.5 Å². The first-order valence-corrected chi connectivity index (χ1v) is 11.4. The molecule has 1 N–H and O–H groups in total. The second kappa shape index (κ2) is 9.39. The van der Waals surface area contributed by atoms with Gasteiger partial charge in [0, 0.05) is 16.3 Å². The number of hydrogen-bond acceptors (Lipinski definition) is 5. The second-order valence-electron chi connectivity index (χ2n) is 8.78. The minimum absolute atomic E-state index is 0.0583. The summed E-state index contributed by atoms with van der Waals surface area (Å²) in [4.78, 5) is 27.8. The molecular weight excluding hydrogens is 454 g/mol. The van der Waals surface area contributed by atoms with Gasteiger partial charge in [-0.05, 0) is 61.7 Å². The highest BCUT2D eigenvalue weighted by atomic mass is 35.5. The topological polar surface area (TPSA) is 80.0 Å². The van der Waals surface area contributed by atoms with E-state index in [0.29, 0.717) is 46.1 Å².